The topological polar surface area (TPSA) is 40.5 Å². The van der Waals surface area contributed by atoms with Crippen molar-refractivity contribution < 1.29 is 9.90 Å². The van der Waals surface area contributed by atoms with Gasteiger partial charge in [-0.15, -0.1) is 0 Å². The minimum atomic E-state index is -0.786. The highest BCUT2D eigenvalue weighted by Gasteiger charge is 2.29. The summed E-state index contributed by atoms with van der Waals surface area (Å²) >= 11 is 5.92. The van der Waals surface area contributed by atoms with E-state index in [2.05, 4.69) is 13.8 Å². The maximum absolute atomic E-state index is 11.2. The van der Waals surface area contributed by atoms with Crippen molar-refractivity contribution >= 4 is 23.3 Å². The molecule has 2 rings (SSSR count). The summed E-state index contributed by atoms with van der Waals surface area (Å²) in [5, 5.41) is 9.87. The average molecular weight is 296 g/mol. The van der Waals surface area contributed by atoms with Gasteiger partial charge < -0.3 is 10.0 Å². The van der Waals surface area contributed by atoms with Gasteiger partial charge in [-0.05, 0) is 55.4 Å². The molecule has 0 heterocycles. The number of halogens is 1. The standard InChI is InChI=1S/C16H22ClNO2/c1-11-7-12(2)9-15(8-11)18(10-16(19)20)14-5-3-13(17)4-6-14/h3-6,11-12,15H,7-10H2,1-2H3,(H,19,20). The number of carboxylic acid groups (broad SMARTS) is 1. The van der Waals surface area contributed by atoms with Gasteiger partial charge in [0.25, 0.3) is 0 Å². The molecule has 1 saturated carbocycles. The van der Waals surface area contributed by atoms with Gasteiger partial charge in [-0.3, -0.25) is 4.79 Å². The third-order valence-corrected chi connectivity index (χ3v) is 4.31. The first-order chi connectivity index (χ1) is 9.45. The zero-order chi connectivity index (χ0) is 14.7. The van der Waals surface area contributed by atoms with E-state index >= 15 is 0 Å². The number of rotatable bonds is 4. The van der Waals surface area contributed by atoms with Gasteiger partial charge in [0.05, 0.1) is 0 Å². The zero-order valence-corrected chi connectivity index (χ0v) is 12.8. The Hall–Kier alpha value is -1.22. The van der Waals surface area contributed by atoms with E-state index in [1.54, 1.807) is 0 Å². The second kappa shape index (κ2) is 6.49. The van der Waals surface area contributed by atoms with E-state index in [0.29, 0.717) is 22.9 Å². The van der Waals surface area contributed by atoms with E-state index in [9.17, 15) is 9.90 Å². The Morgan fingerprint density at radius 2 is 1.75 bits per heavy atom. The minimum Gasteiger partial charge on any atom is -0.480 e. The Morgan fingerprint density at radius 3 is 2.25 bits per heavy atom. The molecule has 110 valence electrons. The van der Waals surface area contributed by atoms with Gasteiger partial charge in [0.1, 0.15) is 6.54 Å². The lowest BCUT2D eigenvalue weighted by Crippen LogP contribution is -2.43. The summed E-state index contributed by atoms with van der Waals surface area (Å²) in [5.41, 5.74) is 0.947. The van der Waals surface area contributed by atoms with Crippen LogP contribution in [0.2, 0.25) is 5.02 Å². The highest BCUT2D eigenvalue weighted by atomic mass is 35.5. The number of hydrogen-bond donors (Lipinski definition) is 1. The third-order valence-electron chi connectivity index (χ3n) is 4.06. The molecule has 0 aromatic heterocycles. The van der Waals surface area contributed by atoms with Crippen molar-refractivity contribution in [2.24, 2.45) is 11.8 Å². The van der Waals surface area contributed by atoms with Crippen molar-refractivity contribution in [2.45, 2.75) is 39.2 Å². The molecule has 0 spiro atoms. The molecular weight excluding hydrogens is 274 g/mol. The molecule has 1 aliphatic rings. The monoisotopic (exact) mass is 295 g/mol. The molecule has 1 N–H and O–H groups in total. The molecule has 1 aliphatic carbocycles. The second-order valence-electron chi connectivity index (χ2n) is 6.07. The summed E-state index contributed by atoms with van der Waals surface area (Å²) in [6.45, 7) is 4.55. The van der Waals surface area contributed by atoms with Gasteiger partial charge in [-0.25, -0.2) is 0 Å². The lowest BCUT2D eigenvalue weighted by atomic mass is 9.79. The van der Waals surface area contributed by atoms with E-state index in [4.69, 9.17) is 11.6 Å². The molecule has 0 amide bonds. The van der Waals surface area contributed by atoms with Crippen LogP contribution >= 0.6 is 11.6 Å². The van der Waals surface area contributed by atoms with E-state index in [1.165, 1.54) is 6.42 Å². The fourth-order valence-electron chi connectivity index (χ4n) is 3.37. The predicted octanol–water partition coefficient (Wildman–Crippen LogP) is 4.06. The van der Waals surface area contributed by atoms with Crippen molar-refractivity contribution in [3.8, 4) is 0 Å². The fourth-order valence-corrected chi connectivity index (χ4v) is 3.49. The van der Waals surface area contributed by atoms with Crippen LogP contribution in [0.5, 0.6) is 0 Å². The van der Waals surface area contributed by atoms with E-state index in [0.717, 1.165) is 18.5 Å². The van der Waals surface area contributed by atoms with Crippen molar-refractivity contribution in [1.29, 1.82) is 0 Å². The molecule has 1 fully saturated rings. The predicted molar refractivity (Wildman–Crippen MR) is 82.4 cm³/mol. The third kappa shape index (κ3) is 3.89. The first-order valence-corrected chi connectivity index (χ1v) is 7.57. The van der Waals surface area contributed by atoms with Crippen molar-refractivity contribution in [1.82, 2.24) is 0 Å². The van der Waals surface area contributed by atoms with Gasteiger partial charge in [0.2, 0.25) is 0 Å². The van der Waals surface area contributed by atoms with Gasteiger partial charge in [-0.1, -0.05) is 25.4 Å². The molecule has 0 bridgehead atoms. The van der Waals surface area contributed by atoms with Gasteiger partial charge >= 0.3 is 5.97 Å². The van der Waals surface area contributed by atoms with Crippen LogP contribution in [0.3, 0.4) is 0 Å². The summed E-state index contributed by atoms with van der Waals surface area (Å²) in [6, 6.07) is 7.76. The summed E-state index contributed by atoms with van der Waals surface area (Å²) in [4.78, 5) is 13.2. The van der Waals surface area contributed by atoms with Crippen LogP contribution in [-0.4, -0.2) is 23.7 Å². The number of carboxylic acids is 1. The average Bonchev–Trinajstić information content (AvgIpc) is 2.35. The number of anilines is 1. The fraction of sp³-hybridized carbons (Fsp3) is 0.562. The van der Waals surface area contributed by atoms with E-state index < -0.39 is 5.97 Å². The smallest absolute Gasteiger partial charge is 0.323 e. The molecule has 0 radical (unpaired) electrons. The SMILES string of the molecule is CC1CC(C)CC(N(CC(=O)O)c2ccc(Cl)cc2)C1. The maximum atomic E-state index is 11.2. The van der Waals surface area contributed by atoms with Gasteiger partial charge in [0, 0.05) is 16.8 Å². The highest BCUT2D eigenvalue weighted by molar-refractivity contribution is 6.30. The normalized spacial score (nSPS) is 26.2. The maximum Gasteiger partial charge on any atom is 0.323 e. The molecule has 4 heteroatoms. The van der Waals surface area contributed by atoms with Crippen molar-refractivity contribution in [2.75, 3.05) is 11.4 Å². The first-order valence-electron chi connectivity index (χ1n) is 7.19. The number of carbonyl (C=O) groups is 1. The Labute approximate surface area is 125 Å². The van der Waals surface area contributed by atoms with Crippen LogP contribution in [0.1, 0.15) is 33.1 Å². The van der Waals surface area contributed by atoms with Crippen molar-refractivity contribution in [3.63, 3.8) is 0 Å². The number of nitrogens with zero attached hydrogens (tertiary/aromatic N) is 1. The van der Waals surface area contributed by atoms with Crippen LogP contribution in [0.4, 0.5) is 5.69 Å². The minimum absolute atomic E-state index is 0.0474. The Balaban J connectivity index is 2.22. The van der Waals surface area contributed by atoms with Crippen LogP contribution < -0.4 is 4.90 Å². The largest absolute Gasteiger partial charge is 0.480 e. The zero-order valence-electron chi connectivity index (χ0n) is 12.1. The molecule has 1 aromatic carbocycles. The summed E-state index contributed by atoms with van der Waals surface area (Å²) in [7, 11) is 0. The van der Waals surface area contributed by atoms with Gasteiger partial charge in [0.15, 0.2) is 0 Å². The quantitative estimate of drug-likeness (QED) is 0.911. The Bertz CT molecular complexity index is 450. The lowest BCUT2D eigenvalue weighted by Gasteiger charge is -2.39. The second-order valence-corrected chi connectivity index (χ2v) is 6.51. The van der Waals surface area contributed by atoms with E-state index in [-0.39, 0.29) is 6.54 Å². The Kier molecular flexibility index (Phi) is 4.92. The summed E-state index contributed by atoms with van der Waals surface area (Å²) in [6.07, 6.45) is 3.35. The molecule has 1 aromatic rings. The van der Waals surface area contributed by atoms with Crippen LogP contribution in [0.25, 0.3) is 0 Å². The lowest BCUT2D eigenvalue weighted by molar-refractivity contribution is -0.135. The van der Waals surface area contributed by atoms with Crippen molar-refractivity contribution in [3.05, 3.63) is 29.3 Å². The van der Waals surface area contributed by atoms with Crippen LogP contribution in [-0.2, 0) is 4.79 Å². The highest BCUT2D eigenvalue weighted by Crippen LogP contribution is 2.34. The van der Waals surface area contributed by atoms with Crippen LogP contribution in [0.15, 0.2) is 24.3 Å². The molecule has 0 aliphatic heterocycles. The van der Waals surface area contributed by atoms with Gasteiger partial charge in [-0.2, -0.15) is 0 Å². The first kappa shape index (κ1) is 15.2. The Morgan fingerprint density at radius 1 is 1.20 bits per heavy atom. The number of hydrogen-bond acceptors (Lipinski definition) is 2. The molecule has 2 unspecified atom stereocenters. The molecule has 20 heavy (non-hydrogen) atoms. The van der Waals surface area contributed by atoms with E-state index in [1.807, 2.05) is 29.2 Å². The van der Waals surface area contributed by atoms with Crippen LogP contribution in [0, 0.1) is 11.8 Å². The number of benzene rings is 1. The molecular formula is C16H22ClNO2. The molecule has 2 atom stereocenters. The molecule has 0 saturated heterocycles. The molecule has 3 nitrogen and oxygen atoms in total. The summed E-state index contributed by atoms with van der Waals surface area (Å²) < 4.78 is 0. The number of aliphatic carboxylic acids is 1. The summed E-state index contributed by atoms with van der Waals surface area (Å²) in [5.74, 6) is 0.505.